The second-order valence-electron chi connectivity index (χ2n) is 6.43. The van der Waals surface area contributed by atoms with Gasteiger partial charge in [0.1, 0.15) is 5.76 Å². The molecule has 0 unspecified atom stereocenters. The molecule has 0 amide bonds. The molecule has 0 atom stereocenters. The van der Waals surface area contributed by atoms with E-state index in [0.717, 1.165) is 42.4 Å². The second-order valence-corrected chi connectivity index (χ2v) is 6.43. The predicted octanol–water partition coefficient (Wildman–Crippen LogP) is 5.05. The van der Waals surface area contributed by atoms with Crippen molar-refractivity contribution in [2.45, 2.75) is 59.8 Å². The third-order valence-electron chi connectivity index (χ3n) is 4.53. The number of ketones is 1. The summed E-state index contributed by atoms with van der Waals surface area (Å²) < 4.78 is 0. The van der Waals surface area contributed by atoms with Crippen molar-refractivity contribution in [3.05, 3.63) is 40.1 Å². The summed E-state index contributed by atoms with van der Waals surface area (Å²) in [6, 6.07) is 4.17. The predicted molar refractivity (Wildman–Crippen MR) is 87.5 cm³/mol. The Morgan fingerprint density at radius 1 is 1.05 bits per heavy atom. The average molecular weight is 286 g/mol. The number of carbonyl (C=O) groups is 1. The Balaban J connectivity index is 2.56. The van der Waals surface area contributed by atoms with Crippen molar-refractivity contribution in [1.29, 1.82) is 0 Å². The number of aliphatic hydroxyl groups is 1. The van der Waals surface area contributed by atoms with Crippen LogP contribution >= 0.6 is 0 Å². The van der Waals surface area contributed by atoms with Gasteiger partial charge in [-0.2, -0.15) is 0 Å². The summed E-state index contributed by atoms with van der Waals surface area (Å²) in [6.07, 6.45) is 5.51. The Hall–Kier alpha value is -1.57. The van der Waals surface area contributed by atoms with Crippen LogP contribution in [0.25, 0.3) is 5.57 Å². The largest absolute Gasteiger partial charge is 0.511 e. The van der Waals surface area contributed by atoms with Gasteiger partial charge >= 0.3 is 0 Å². The summed E-state index contributed by atoms with van der Waals surface area (Å²) in [6.45, 7) is 7.66. The fourth-order valence-electron chi connectivity index (χ4n) is 3.64. The molecule has 1 aliphatic carbocycles. The van der Waals surface area contributed by atoms with Crippen LogP contribution in [-0.4, -0.2) is 10.9 Å². The molecule has 0 radical (unpaired) electrons. The highest BCUT2D eigenvalue weighted by Gasteiger charge is 2.25. The van der Waals surface area contributed by atoms with Crippen LogP contribution in [0.1, 0.15) is 61.3 Å². The van der Waals surface area contributed by atoms with Gasteiger partial charge in [0.15, 0.2) is 5.78 Å². The van der Waals surface area contributed by atoms with Crippen LogP contribution in [0, 0.1) is 26.7 Å². The molecular weight excluding hydrogens is 260 g/mol. The molecule has 1 saturated carbocycles. The van der Waals surface area contributed by atoms with Crippen molar-refractivity contribution in [1.82, 2.24) is 0 Å². The number of allylic oxidation sites excluding steroid dienone is 2. The van der Waals surface area contributed by atoms with E-state index < -0.39 is 0 Å². The first-order valence-corrected chi connectivity index (χ1v) is 7.94. The summed E-state index contributed by atoms with van der Waals surface area (Å²) in [5.41, 5.74) is 4.79. The average Bonchev–Trinajstić information content (AvgIpc) is 2.42. The fourth-order valence-corrected chi connectivity index (χ4v) is 3.64. The molecule has 2 rings (SSSR count). The number of hydrogen-bond acceptors (Lipinski definition) is 2. The summed E-state index contributed by atoms with van der Waals surface area (Å²) >= 11 is 0. The van der Waals surface area contributed by atoms with Gasteiger partial charge in [0.05, 0.1) is 5.57 Å². The number of carbonyl (C=O) groups excluding carboxylic acids is 1. The third-order valence-corrected chi connectivity index (χ3v) is 4.53. The van der Waals surface area contributed by atoms with Gasteiger partial charge in [-0.1, -0.05) is 37.0 Å². The SMILES string of the molecule is CC(=O)/C(=C(/O)C1CCCCC1)c1c(C)cc(C)cc1C. The van der Waals surface area contributed by atoms with Crippen molar-refractivity contribution in [3.63, 3.8) is 0 Å². The van der Waals surface area contributed by atoms with Gasteiger partial charge in [-0.3, -0.25) is 4.79 Å². The minimum absolute atomic E-state index is 0.0341. The van der Waals surface area contributed by atoms with Crippen molar-refractivity contribution >= 4 is 11.4 Å². The quantitative estimate of drug-likeness (QED) is 0.623. The van der Waals surface area contributed by atoms with E-state index in [1.54, 1.807) is 6.92 Å². The first kappa shape index (κ1) is 15.8. The highest BCUT2D eigenvalue weighted by atomic mass is 16.3. The number of benzene rings is 1. The highest BCUT2D eigenvalue weighted by molar-refractivity contribution is 6.21. The number of hydrogen-bond donors (Lipinski definition) is 1. The van der Waals surface area contributed by atoms with E-state index in [4.69, 9.17) is 0 Å². The zero-order valence-corrected chi connectivity index (χ0v) is 13.6. The van der Waals surface area contributed by atoms with Crippen molar-refractivity contribution in [2.75, 3.05) is 0 Å². The topological polar surface area (TPSA) is 37.3 Å². The molecule has 0 heterocycles. The normalized spacial score (nSPS) is 17.5. The lowest BCUT2D eigenvalue weighted by molar-refractivity contribution is -0.112. The first-order valence-electron chi connectivity index (χ1n) is 7.94. The summed E-state index contributed by atoms with van der Waals surface area (Å²) in [4.78, 5) is 12.2. The molecule has 0 aromatic heterocycles. The zero-order chi connectivity index (χ0) is 15.6. The minimum atomic E-state index is -0.0341. The van der Waals surface area contributed by atoms with Gasteiger partial charge in [-0.05, 0) is 57.2 Å². The van der Waals surface area contributed by atoms with Gasteiger partial charge in [0, 0.05) is 5.92 Å². The maximum absolute atomic E-state index is 12.2. The van der Waals surface area contributed by atoms with E-state index in [0.29, 0.717) is 11.3 Å². The van der Waals surface area contributed by atoms with Gasteiger partial charge in [0.25, 0.3) is 0 Å². The summed E-state index contributed by atoms with van der Waals surface area (Å²) in [5.74, 6) is 0.433. The van der Waals surface area contributed by atoms with Gasteiger partial charge in [0.2, 0.25) is 0 Å². The molecule has 2 heteroatoms. The van der Waals surface area contributed by atoms with E-state index in [-0.39, 0.29) is 11.7 Å². The van der Waals surface area contributed by atoms with Gasteiger partial charge in [-0.15, -0.1) is 0 Å². The van der Waals surface area contributed by atoms with Crippen molar-refractivity contribution < 1.29 is 9.90 Å². The Bertz CT molecular complexity index is 552. The molecule has 1 aromatic rings. The van der Waals surface area contributed by atoms with E-state index in [2.05, 4.69) is 19.1 Å². The van der Waals surface area contributed by atoms with E-state index in [9.17, 15) is 9.90 Å². The maximum Gasteiger partial charge on any atom is 0.163 e. The van der Waals surface area contributed by atoms with Crippen LogP contribution in [0.15, 0.2) is 17.9 Å². The maximum atomic E-state index is 12.2. The van der Waals surface area contributed by atoms with Crippen LogP contribution in [-0.2, 0) is 4.79 Å². The van der Waals surface area contributed by atoms with Crippen molar-refractivity contribution in [2.24, 2.45) is 5.92 Å². The van der Waals surface area contributed by atoms with Gasteiger partial charge < -0.3 is 5.11 Å². The Morgan fingerprint density at radius 3 is 2.05 bits per heavy atom. The molecule has 21 heavy (non-hydrogen) atoms. The molecule has 1 fully saturated rings. The highest BCUT2D eigenvalue weighted by Crippen LogP contribution is 2.35. The van der Waals surface area contributed by atoms with Crippen LogP contribution in [0.4, 0.5) is 0 Å². The Labute approximate surface area is 127 Å². The second kappa shape index (κ2) is 6.46. The standard InChI is InChI=1S/C19H26O2/c1-12-10-13(2)17(14(3)11-12)18(15(4)20)19(21)16-8-6-5-7-9-16/h10-11,16,21H,5-9H2,1-4H3/b19-18-. The van der Waals surface area contributed by atoms with E-state index >= 15 is 0 Å². The molecule has 0 spiro atoms. The Morgan fingerprint density at radius 2 is 1.57 bits per heavy atom. The lowest BCUT2D eigenvalue weighted by atomic mass is 9.82. The molecule has 1 aliphatic rings. The molecule has 114 valence electrons. The molecular formula is C19H26O2. The lowest BCUT2D eigenvalue weighted by Crippen LogP contribution is -2.14. The smallest absolute Gasteiger partial charge is 0.163 e. The fraction of sp³-hybridized carbons (Fsp3) is 0.526. The number of aryl methyl sites for hydroxylation is 3. The van der Waals surface area contributed by atoms with E-state index in [1.165, 1.54) is 12.0 Å². The lowest BCUT2D eigenvalue weighted by Gasteiger charge is -2.24. The first-order chi connectivity index (χ1) is 9.91. The summed E-state index contributed by atoms with van der Waals surface area (Å²) in [7, 11) is 0. The van der Waals surface area contributed by atoms with Crippen LogP contribution < -0.4 is 0 Å². The number of aliphatic hydroxyl groups excluding tert-OH is 1. The number of rotatable bonds is 3. The van der Waals surface area contributed by atoms with Crippen LogP contribution in [0.5, 0.6) is 0 Å². The monoisotopic (exact) mass is 286 g/mol. The molecule has 0 bridgehead atoms. The third kappa shape index (κ3) is 3.37. The van der Waals surface area contributed by atoms with Gasteiger partial charge in [-0.25, -0.2) is 0 Å². The molecule has 0 saturated heterocycles. The molecule has 1 N–H and O–H groups in total. The minimum Gasteiger partial charge on any atom is -0.511 e. The molecule has 1 aromatic carbocycles. The van der Waals surface area contributed by atoms with Crippen molar-refractivity contribution in [3.8, 4) is 0 Å². The Kier molecular flexibility index (Phi) is 4.87. The van der Waals surface area contributed by atoms with Crippen LogP contribution in [0.3, 0.4) is 0 Å². The summed E-state index contributed by atoms with van der Waals surface area (Å²) in [5, 5.41) is 10.7. The zero-order valence-electron chi connectivity index (χ0n) is 13.6. The number of Topliss-reactive ketones (excluding diaryl/α,β-unsaturated/α-hetero) is 1. The van der Waals surface area contributed by atoms with E-state index in [1.807, 2.05) is 13.8 Å². The van der Waals surface area contributed by atoms with Crippen LogP contribution in [0.2, 0.25) is 0 Å². The molecule has 0 aliphatic heterocycles. The molecule has 2 nitrogen and oxygen atoms in total.